The monoisotopic (exact) mass is 198 g/mol. The highest BCUT2D eigenvalue weighted by Gasteiger charge is 2.32. The number of Topliss-reactive ketones (excluding diaryl/α,β-unsaturated/α-hetero) is 1. The molecule has 0 saturated carbocycles. The molecule has 0 aromatic carbocycles. The highest BCUT2D eigenvalue weighted by atomic mass is 16.6. The lowest BCUT2D eigenvalue weighted by molar-refractivity contribution is -0.142. The van der Waals surface area contributed by atoms with Crippen molar-refractivity contribution in [2.45, 2.75) is 39.7 Å². The Labute approximate surface area is 82.9 Å². The summed E-state index contributed by atoms with van der Waals surface area (Å²) >= 11 is 0. The number of carbonyl (C=O) groups excluding carboxylic acids is 2. The Bertz CT molecular complexity index is 290. The predicted molar refractivity (Wildman–Crippen MR) is 49.3 cm³/mol. The van der Waals surface area contributed by atoms with E-state index in [1.165, 1.54) is 0 Å². The van der Waals surface area contributed by atoms with E-state index in [2.05, 4.69) is 0 Å². The second kappa shape index (κ2) is 4.26. The van der Waals surface area contributed by atoms with E-state index in [4.69, 9.17) is 9.47 Å². The van der Waals surface area contributed by atoms with Crippen molar-refractivity contribution >= 4 is 11.8 Å². The lowest BCUT2D eigenvalue weighted by Crippen LogP contribution is -2.16. The Hall–Kier alpha value is -1.32. The van der Waals surface area contributed by atoms with Gasteiger partial charge in [-0.2, -0.15) is 0 Å². The van der Waals surface area contributed by atoms with Crippen molar-refractivity contribution in [2.24, 2.45) is 0 Å². The molecule has 0 amide bonds. The van der Waals surface area contributed by atoms with Gasteiger partial charge >= 0.3 is 5.97 Å². The summed E-state index contributed by atoms with van der Waals surface area (Å²) in [6, 6.07) is 0. The third-order valence-corrected chi connectivity index (χ3v) is 1.94. The standard InChI is InChI=1S/C10H14O4/c1-4-5-8(11)14-10-7(3)13-6(2)9(10)12/h6H,4-5H2,1-3H3/t6-/m1/s1. The smallest absolute Gasteiger partial charge is 0.311 e. The molecule has 0 N–H and O–H groups in total. The number of carbonyl (C=O) groups is 2. The van der Waals surface area contributed by atoms with Gasteiger partial charge in [0.15, 0.2) is 6.10 Å². The highest BCUT2D eigenvalue weighted by molar-refractivity contribution is 6.00. The van der Waals surface area contributed by atoms with Gasteiger partial charge in [0.2, 0.25) is 11.5 Å². The summed E-state index contributed by atoms with van der Waals surface area (Å²) in [5, 5.41) is 0. The number of ketones is 1. The summed E-state index contributed by atoms with van der Waals surface area (Å²) in [7, 11) is 0. The summed E-state index contributed by atoms with van der Waals surface area (Å²) in [5.41, 5.74) is 0. The van der Waals surface area contributed by atoms with E-state index in [0.717, 1.165) is 0 Å². The van der Waals surface area contributed by atoms with E-state index in [1.807, 2.05) is 6.92 Å². The Morgan fingerprint density at radius 3 is 2.64 bits per heavy atom. The SMILES string of the molecule is CCCC(=O)OC1=C(C)O[C@H](C)C1=O. The molecule has 1 heterocycles. The number of ether oxygens (including phenoxy) is 2. The predicted octanol–water partition coefficient (Wildman–Crippen LogP) is 1.55. The van der Waals surface area contributed by atoms with Crippen LogP contribution in [0, 0.1) is 0 Å². The van der Waals surface area contributed by atoms with E-state index in [1.54, 1.807) is 13.8 Å². The number of rotatable bonds is 3. The number of esters is 1. The molecule has 4 nitrogen and oxygen atoms in total. The second-order valence-corrected chi connectivity index (χ2v) is 3.23. The quantitative estimate of drug-likeness (QED) is 0.645. The lowest BCUT2D eigenvalue weighted by Gasteiger charge is -2.01. The van der Waals surface area contributed by atoms with Crippen LogP contribution in [0.3, 0.4) is 0 Å². The molecule has 0 spiro atoms. The third-order valence-electron chi connectivity index (χ3n) is 1.94. The molecule has 14 heavy (non-hydrogen) atoms. The van der Waals surface area contributed by atoms with Gasteiger partial charge in [-0.1, -0.05) is 6.92 Å². The first-order valence-corrected chi connectivity index (χ1v) is 4.68. The van der Waals surface area contributed by atoms with E-state index in [-0.39, 0.29) is 17.5 Å². The molecule has 0 aliphatic carbocycles. The minimum Gasteiger partial charge on any atom is -0.483 e. The van der Waals surface area contributed by atoms with Gasteiger partial charge in [-0.15, -0.1) is 0 Å². The largest absolute Gasteiger partial charge is 0.483 e. The van der Waals surface area contributed by atoms with Gasteiger partial charge in [0, 0.05) is 6.42 Å². The van der Waals surface area contributed by atoms with Crippen LogP contribution in [-0.2, 0) is 19.1 Å². The van der Waals surface area contributed by atoms with Gasteiger partial charge in [-0.25, -0.2) is 0 Å². The van der Waals surface area contributed by atoms with Gasteiger partial charge < -0.3 is 9.47 Å². The van der Waals surface area contributed by atoms with Crippen LogP contribution in [0.1, 0.15) is 33.6 Å². The molecule has 0 aromatic rings. The lowest BCUT2D eigenvalue weighted by atomic mass is 10.2. The van der Waals surface area contributed by atoms with E-state index in [0.29, 0.717) is 18.6 Å². The number of allylic oxidation sites excluding steroid dienone is 1. The molecule has 1 rings (SSSR count). The van der Waals surface area contributed by atoms with Crippen LogP contribution in [0.5, 0.6) is 0 Å². The van der Waals surface area contributed by atoms with Gasteiger partial charge in [0.25, 0.3) is 0 Å². The Morgan fingerprint density at radius 1 is 1.57 bits per heavy atom. The van der Waals surface area contributed by atoms with Gasteiger partial charge in [-0.3, -0.25) is 9.59 Å². The van der Waals surface area contributed by atoms with E-state index >= 15 is 0 Å². The molecule has 0 aromatic heterocycles. The fourth-order valence-corrected chi connectivity index (χ4v) is 1.22. The van der Waals surface area contributed by atoms with Crippen molar-refractivity contribution in [2.75, 3.05) is 0 Å². The van der Waals surface area contributed by atoms with Crippen molar-refractivity contribution in [3.05, 3.63) is 11.5 Å². The summed E-state index contributed by atoms with van der Waals surface area (Å²) in [6.07, 6.45) is 0.494. The molecule has 0 saturated heterocycles. The zero-order valence-corrected chi connectivity index (χ0v) is 8.62. The first kappa shape index (κ1) is 10.8. The van der Waals surface area contributed by atoms with Crippen LogP contribution in [0.15, 0.2) is 11.5 Å². The van der Waals surface area contributed by atoms with Gasteiger partial charge in [0.05, 0.1) is 0 Å². The molecule has 1 aliphatic rings. The van der Waals surface area contributed by atoms with E-state index < -0.39 is 6.10 Å². The highest BCUT2D eigenvalue weighted by Crippen LogP contribution is 2.22. The average molecular weight is 198 g/mol. The minimum absolute atomic E-state index is 0.0657. The topological polar surface area (TPSA) is 52.6 Å². The second-order valence-electron chi connectivity index (χ2n) is 3.23. The van der Waals surface area contributed by atoms with Gasteiger partial charge in [0.1, 0.15) is 5.76 Å². The maximum Gasteiger partial charge on any atom is 0.311 e. The van der Waals surface area contributed by atoms with Crippen molar-refractivity contribution in [1.29, 1.82) is 0 Å². The fourth-order valence-electron chi connectivity index (χ4n) is 1.22. The number of hydrogen-bond donors (Lipinski definition) is 0. The molecule has 0 unspecified atom stereocenters. The minimum atomic E-state index is -0.528. The van der Waals surface area contributed by atoms with Crippen molar-refractivity contribution in [3.8, 4) is 0 Å². The normalized spacial score (nSPS) is 21.1. The van der Waals surface area contributed by atoms with E-state index in [9.17, 15) is 9.59 Å². The van der Waals surface area contributed by atoms with Crippen molar-refractivity contribution in [3.63, 3.8) is 0 Å². The maximum absolute atomic E-state index is 11.4. The third kappa shape index (κ3) is 2.13. The van der Waals surface area contributed by atoms with Crippen LogP contribution in [0.4, 0.5) is 0 Å². The molecule has 78 valence electrons. The Morgan fingerprint density at radius 2 is 2.21 bits per heavy atom. The van der Waals surface area contributed by atoms with Gasteiger partial charge in [-0.05, 0) is 20.3 Å². The van der Waals surface area contributed by atoms with Crippen LogP contribution in [0.25, 0.3) is 0 Å². The first-order chi connectivity index (χ1) is 6.56. The van der Waals surface area contributed by atoms with Crippen molar-refractivity contribution < 1.29 is 19.1 Å². The molecule has 1 aliphatic heterocycles. The van der Waals surface area contributed by atoms with Crippen LogP contribution in [0.2, 0.25) is 0 Å². The zero-order valence-electron chi connectivity index (χ0n) is 8.62. The number of hydrogen-bond acceptors (Lipinski definition) is 4. The summed E-state index contributed by atoms with van der Waals surface area (Å²) in [4.78, 5) is 22.5. The zero-order chi connectivity index (χ0) is 10.7. The molecule has 4 heteroatoms. The molecule has 0 fully saturated rings. The maximum atomic E-state index is 11.4. The average Bonchev–Trinajstić information content (AvgIpc) is 2.33. The molecule has 0 radical (unpaired) electrons. The fraction of sp³-hybridized carbons (Fsp3) is 0.600. The first-order valence-electron chi connectivity index (χ1n) is 4.68. The van der Waals surface area contributed by atoms with Crippen LogP contribution >= 0.6 is 0 Å². The molecular formula is C10H14O4. The molecular weight excluding hydrogens is 184 g/mol. The Kier molecular flexibility index (Phi) is 3.28. The molecule has 0 bridgehead atoms. The van der Waals surface area contributed by atoms with Crippen LogP contribution < -0.4 is 0 Å². The van der Waals surface area contributed by atoms with Crippen LogP contribution in [-0.4, -0.2) is 17.9 Å². The summed E-state index contributed by atoms with van der Waals surface area (Å²) < 4.78 is 10.0. The molecule has 1 atom stereocenters. The van der Waals surface area contributed by atoms with Crippen molar-refractivity contribution in [1.82, 2.24) is 0 Å². The summed E-state index contributed by atoms with van der Waals surface area (Å²) in [5.74, 6) is -0.178. The summed E-state index contributed by atoms with van der Waals surface area (Å²) in [6.45, 7) is 5.13. The Balaban J connectivity index is 2.64.